The molecule has 80 valence electrons. The van der Waals surface area contributed by atoms with E-state index in [9.17, 15) is 5.11 Å². The van der Waals surface area contributed by atoms with E-state index in [2.05, 4.69) is 15.0 Å². The number of hydrogen-bond acceptors (Lipinski definition) is 4. The molecule has 2 aromatic rings. The second-order valence-corrected chi connectivity index (χ2v) is 3.59. The second-order valence-electron chi connectivity index (χ2n) is 3.59. The monoisotopic (exact) mass is 206 g/mol. The van der Waals surface area contributed by atoms with Crippen LogP contribution in [0.2, 0.25) is 0 Å². The molecular formula is C10H14N4O. The Labute approximate surface area is 87.8 Å². The van der Waals surface area contributed by atoms with E-state index in [0.29, 0.717) is 6.54 Å². The summed E-state index contributed by atoms with van der Waals surface area (Å²) in [6, 6.07) is 0. The highest BCUT2D eigenvalue weighted by atomic mass is 16.3. The van der Waals surface area contributed by atoms with Crippen LogP contribution < -0.4 is 0 Å². The molecule has 0 unspecified atom stereocenters. The SMILES string of the molecule is CC[C@@H](O)Cn1cnc2c(C)ncnc21. The maximum Gasteiger partial charge on any atom is 0.163 e. The van der Waals surface area contributed by atoms with Gasteiger partial charge in [-0.2, -0.15) is 0 Å². The summed E-state index contributed by atoms with van der Waals surface area (Å²) in [5.74, 6) is 0. The van der Waals surface area contributed by atoms with Crippen LogP contribution in [0.1, 0.15) is 19.0 Å². The lowest BCUT2D eigenvalue weighted by atomic mass is 10.3. The number of imidazole rings is 1. The van der Waals surface area contributed by atoms with E-state index >= 15 is 0 Å². The summed E-state index contributed by atoms with van der Waals surface area (Å²) in [5, 5.41) is 9.57. The molecule has 1 atom stereocenters. The normalized spacial score (nSPS) is 13.3. The zero-order chi connectivity index (χ0) is 10.8. The highest BCUT2D eigenvalue weighted by Crippen LogP contribution is 2.12. The van der Waals surface area contributed by atoms with Crippen LogP contribution in [-0.4, -0.2) is 30.7 Å². The van der Waals surface area contributed by atoms with E-state index in [1.165, 1.54) is 6.33 Å². The number of nitrogens with zero attached hydrogens (tertiary/aromatic N) is 4. The minimum absolute atomic E-state index is 0.349. The van der Waals surface area contributed by atoms with Gasteiger partial charge in [0.25, 0.3) is 0 Å². The van der Waals surface area contributed by atoms with Crippen LogP contribution in [0.3, 0.4) is 0 Å². The molecule has 0 saturated carbocycles. The molecule has 0 aliphatic rings. The summed E-state index contributed by atoms with van der Waals surface area (Å²) in [6.45, 7) is 4.38. The van der Waals surface area contributed by atoms with E-state index in [-0.39, 0.29) is 6.10 Å². The summed E-state index contributed by atoms with van der Waals surface area (Å²) in [7, 11) is 0. The summed E-state index contributed by atoms with van der Waals surface area (Å²) < 4.78 is 1.86. The largest absolute Gasteiger partial charge is 0.391 e. The van der Waals surface area contributed by atoms with E-state index in [4.69, 9.17) is 0 Å². The number of aliphatic hydroxyl groups is 1. The molecular weight excluding hydrogens is 192 g/mol. The molecule has 0 aliphatic carbocycles. The molecule has 2 heterocycles. The minimum atomic E-state index is -0.349. The van der Waals surface area contributed by atoms with Crippen molar-refractivity contribution in [3.05, 3.63) is 18.3 Å². The van der Waals surface area contributed by atoms with Gasteiger partial charge in [-0.1, -0.05) is 6.92 Å². The molecule has 0 bridgehead atoms. The summed E-state index contributed by atoms with van der Waals surface area (Å²) >= 11 is 0. The molecule has 2 aromatic heterocycles. The lowest BCUT2D eigenvalue weighted by Crippen LogP contribution is -2.14. The van der Waals surface area contributed by atoms with Crippen molar-refractivity contribution in [1.82, 2.24) is 19.5 Å². The van der Waals surface area contributed by atoms with Gasteiger partial charge in [-0.05, 0) is 13.3 Å². The van der Waals surface area contributed by atoms with Crippen LogP contribution in [0.5, 0.6) is 0 Å². The van der Waals surface area contributed by atoms with E-state index in [1.807, 2.05) is 18.4 Å². The van der Waals surface area contributed by atoms with E-state index < -0.39 is 0 Å². The topological polar surface area (TPSA) is 63.8 Å². The fourth-order valence-electron chi connectivity index (χ4n) is 1.49. The van der Waals surface area contributed by atoms with E-state index in [1.54, 1.807) is 6.33 Å². The Morgan fingerprint density at radius 2 is 2.20 bits per heavy atom. The third-order valence-corrected chi connectivity index (χ3v) is 2.46. The van der Waals surface area contributed by atoms with Crippen molar-refractivity contribution < 1.29 is 5.11 Å². The lowest BCUT2D eigenvalue weighted by molar-refractivity contribution is 0.151. The van der Waals surface area contributed by atoms with Crippen molar-refractivity contribution in [2.45, 2.75) is 32.9 Å². The van der Waals surface area contributed by atoms with Gasteiger partial charge in [0.05, 0.1) is 24.7 Å². The smallest absolute Gasteiger partial charge is 0.163 e. The molecule has 0 saturated heterocycles. The Morgan fingerprint density at radius 1 is 1.40 bits per heavy atom. The predicted molar refractivity (Wildman–Crippen MR) is 56.4 cm³/mol. The van der Waals surface area contributed by atoms with Crippen LogP contribution in [0.4, 0.5) is 0 Å². The van der Waals surface area contributed by atoms with Crippen molar-refractivity contribution >= 4 is 11.2 Å². The Kier molecular flexibility index (Phi) is 2.64. The molecule has 0 fully saturated rings. The zero-order valence-electron chi connectivity index (χ0n) is 8.88. The van der Waals surface area contributed by atoms with Crippen LogP contribution >= 0.6 is 0 Å². The number of fused-ring (bicyclic) bond motifs is 1. The molecule has 0 amide bonds. The third kappa shape index (κ3) is 1.83. The summed E-state index contributed by atoms with van der Waals surface area (Å²) in [5.41, 5.74) is 2.46. The van der Waals surface area contributed by atoms with Gasteiger partial charge in [0.15, 0.2) is 5.65 Å². The second kappa shape index (κ2) is 3.94. The fourth-order valence-corrected chi connectivity index (χ4v) is 1.49. The number of hydrogen-bond donors (Lipinski definition) is 1. The molecule has 0 aliphatic heterocycles. The highest BCUT2D eigenvalue weighted by Gasteiger charge is 2.09. The zero-order valence-corrected chi connectivity index (χ0v) is 8.88. The number of aryl methyl sites for hydroxylation is 1. The van der Waals surface area contributed by atoms with Gasteiger partial charge >= 0.3 is 0 Å². The molecule has 0 aromatic carbocycles. The summed E-state index contributed by atoms with van der Waals surface area (Å²) in [4.78, 5) is 12.5. The van der Waals surface area contributed by atoms with Gasteiger partial charge in [0.2, 0.25) is 0 Å². The fraction of sp³-hybridized carbons (Fsp3) is 0.500. The average molecular weight is 206 g/mol. The standard InChI is InChI=1S/C10H14N4O/c1-3-8(15)4-14-6-13-9-7(2)11-5-12-10(9)14/h5-6,8,15H,3-4H2,1-2H3/t8-/m1/s1. The highest BCUT2D eigenvalue weighted by molar-refractivity contribution is 5.72. The molecule has 0 radical (unpaired) electrons. The first-order valence-corrected chi connectivity index (χ1v) is 5.03. The average Bonchev–Trinajstić information content (AvgIpc) is 2.63. The van der Waals surface area contributed by atoms with E-state index in [0.717, 1.165) is 23.3 Å². The van der Waals surface area contributed by atoms with Gasteiger partial charge in [0.1, 0.15) is 11.8 Å². The predicted octanol–water partition coefficient (Wildman–Crippen LogP) is 0.906. The Morgan fingerprint density at radius 3 is 2.93 bits per heavy atom. The van der Waals surface area contributed by atoms with Crippen molar-refractivity contribution in [2.24, 2.45) is 0 Å². The lowest BCUT2D eigenvalue weighted by Gasteiger charge is -2.08. The number of rotatable bonds is 3. The molecule has 15 heavy (non-hydrogen) atoms. The van der Waals surface area contributed by atoms with Gasteiger partial charge in [-0.3, -0.25) is 0 Å². The van der Waals surface area contributed by atoms with Gasteiger partial charge in [-0.15, -0.1) is 0 Å². The molecule has 1 N–H and O–H groups in total. The first kappa shape index (κ1) is 10.0. The molecule has 2 rings (SSSR count). The molecule has 5 nitrogen and oxygen atoms in total. The number of aliphatic hydroxyl groups excluding tert-OH is 1. The quantitative estimate of drug-likeness (QED) is 0.810. The Balaban J connectivity index is 2.41. The molecule has 0 spiro atoms. The van der Waals surface area contributed by atoms with Gasteiger partial charge in [0, 0.05) is 0 Å². The van der Waals surface area contributed by atoms with Crippen LogP contribution in [0.25, 0.3) is 11.2 Å². The Hall–Kier alpha value is -1.49. The maximum atomic E-state index is 9.57. The van der Waals surface area contributed by atoms with Crippen LogP contribution in [0.15, 0.2) is 12.7 Å². The minimum Gasteiger partial charge on any atom is -0.391 e. The summed E-state index contributed by atoms with van der Waals surface area (Å²) in [6.07, 6.45) is 3.60. The van der Waals surface area contributed by atoms with Crippen molar-refractivity contribution in [1.29, 1.82) is 0 Å². The maximum absolute atomic E-state index is 9.57. The van der Waals surface area contributed by atoms with Gasteiger partial charge in [-0.25, -0.2) is 15.0 Å². The number of aromatic nitrogens is 4. The van der Waals surface area contributed by atoms with Gasteiger partial charge < -0.3 is 9.67 Å². The Bertz CT molecular complexity index is 465. The first-order valence-electron chi connectivity index (χ1n) is 5.03. The first-order chi connectivity index (χ1) is 7.22. The van der Waals surface area contributed by atoms with Crippen LogP contribution in [-0.2, 0) is 6.54 Å². The van der Waals surface area contributed by atoms with Crippen LogP contribution in [0, 0.1) is 6.92 Å². The van der Waals surface area contributed by atoms with Crippen molar-refractivity contribution in [3.8, 4) is 0 Å². The molecule has 5 heteroatoms. The third-order valence-electron chi connectivity index (χ3n) is 2.46. The van der Waals surface area contributed by atoms with Crippen molar-refractivity contribution in [3.63, 3.8) is 0 Å². The van der Waals surface area contributed by atoms with Crippen molar-refractivity contribution in [2.75, 3.05) is 0 Å².